The molecule has 2 amide bonds. The van der Waals surface area contributed by atoms with Crippen molar-refractivity contribution in [3.05, 3.63) is 41.0 Å². The Morgan fingerprint density at radius 2 is 2.03 bits per heavy atom. The fourth-order valence-electron chi connectivity index (χ4n) is 3.68. The van der Waals surface area contributed by atoms with E-state index >= 15 is 0 Å². The van der Waals surface area contributed by atoms with Gasteiger partial charge >= 0.3 is 6.09 Å². The first-order chi connectivity index (χ1) is 15.5. The zero-order valence-corrected chi connectivity index (χ0v) is 20.1. The fraction of sp³-hybridized carbons (Fsp3) is 0.455. The van der Waals surface area contributed by atoms with Crippen LogP contribution >= 0.6 is 11.3 Å². The summed E-state index contributed by atoms with van der Waals surface area (Å²) in [5.74, 6) is -0.846. The summed E-state index contributed by atoms with van der Waals surface area (Å²) < 4.78 is 21.9. The molecule has 1 atom stereocenters. The van der Waals surface area contributed by atoms with Crippen LogP contribution in [0.1, 0.15) is 43.1 Å². The van der Waals surface area contributed by atoms with Gasteiger partial charge in [0.2, 0.25) is 0 Å². The third kappa shape index (κ3) is 5.08. The third-order valence-electron chi connectivity index (χ3n) is 5.15. The lowest BCUT2D eigenvalue weighted by atomic mass is 10.2. The molecule has 1 aliphatic rings. The second-order valence-electron chi connectivity index (χ2n) is 9.10. The minimum Gasteiger partial charge on any atom is -0.444 e. The van der Waals surface area contributed by atoms with E-state index in [1.807, 2.05) is 45.7 Å². The van der Waals surface area contributed by atoms with Gasteiger partial charge in [0.05, 0.1) is 23.1 Å². The summed E-state index contributed by atoms with van der Waals surface area (Å²) in [6.07, 6.45) is 4.64. The van der Waals surface area contributed by atoms with Gasteiger partial charge < -0.3 is 24.3 Å². The van der Waals surface area contributed by atoms with E-state index in [9.17, 15) is 14.0 Å². The molecule has 0 bridgehead atoms. The van der Waals surface area contributed by atoms with Crippen molar-refractivity contribution >= 4 is 39.8 Å². The van der Waals surface area contributed by atoms with E-state index in [0.717, 1.165) is 17.0 Å². The molecule has 4 rings (SSSR count). The van der Waals surface area contributed by atoms with Gasteiger partial charge in [-0.05, 0) is 34.6 Å². The van der Waals surface area contributed by atoms with Crippen molar-refractivity contribution in [2.24, 2.45) is 0 Å². The Morgan fingerprint density at radius 3 is 2.73 bits per heavy atom. The largest absolute Gasteiger partial charge is 0.444 e. The number of halogens is 1. The van der Waals surface area contributed by atoms with Crippen molar-refractivity contribution in [1.29, 1.82) is 0 Å². The average molecular weight is 475 g/mol. The number of imidazole rings is 1. The minimum absolute atomic E-state index is 0.0177. The number of thiophene rings is 1. The van der Waals surface area contributed by atoms with Crippen molar-refractivity contribution in [3.63, 3.8) is 0 Å². The Labute approximate surface area is 195 Å². The molecule has 0 saturated carbocycles. The quantitative estimate of drug-likeness (QED) is 0.618. The highest BCUT2D eigenvalue weighted by atomic mass is 32.1. The van der Waals surface area contributed by atoms with Crippen molar-refractivity contribution in [2.45, 2.75) is 46.3 Å². The minimum atomic E-state index is -0.589. The highest BCUT2D eigenvalue weighted by Crippen LogP contribution is 2.31. The van der Waals surface area contributed by atoms with E-state index in [1.54, 1.807) is 21.7 Å². The van der Waals surface area contributed by atoms with Gasteiger partial charge in [-0.3, -0.25) is 4.79 Å². The van der Waals surface area contributed by atoms with E-state index in [0.29, 0.717) is 36.1 Å². The van der Waals surface area contributed by atoms with Crippen LogP contribution in [0.3, 0.4) is 0 Å². The molecule has 1 fully saturated rings. The van der Waals surface area contributed by atoms with Gasteiger partial charge in [-0.2, -0.15) is 0 Å². The van der Waals surface area contributed by atoms with Crippen LogP contribution in [0.5, 0.6) is 0 Å². The molecule has 1 N–H and O–H groups in total. The smallest absolute Gasteiger partial charge is 0.410 e. The number of hydrogen-bond donors (Lipinski definition) is 1. The first-order valence-electron chi connectivity index (χ1n) is 10.7. The van der Waals surface area contributed by atoms with Crippen molar-refractivity contribution in [2.75, 3.05) is 29.9 Å². The predicted molar refractivity (Wildman–Crippen MR) is 125 cm³/mol. The van der Waals surface area contributed by atoms with Crippen LogP contribution in [0.25, 0.3) is 5.65 Å². The Hall–Kier alpha value is -3.21. The van der Waals surface area contributed by atoms with Crippen LogP contribution in [-0.4, -0.2) is 62.5 Å². The highest BCUT2D eigenvalue weighted by molar-refractivity contribution is 7.18. The van der Waals surface area contributed by atoms with Crippen molar-refractivity contribution in [1.82, 2.24) is 19.3 Å². The Bertz CT molecular complexity index is 1200. The summed E-state index contributed by atoms with van der Waals surface area (Å²) in [4.78, 5) is 37.3. The van der Waals surface area contributed by atoms with Crippen LogP contribution in [0, 0.1) is 12.7 Å². The number of rotatable bonds is 3. The molecule has 1 unspecified atom stereocenters. The number of nitrogens with zero attached hydrogens (tertiary/aromatic N) is 5. The monoisotopic (exact) mass is 474 g/mol. The third-order valence-corrected chi connectivity index (χ3v) is 6.32. The number of carbonyl (C=O) groups excluding carboxylic acids is 2. The van der Waals surface area contributed by atoms with Crippen LogP contribution in [-0.2, 0) is 4.74 Å². The standard InChI is InChI=1S/C22H27FN6O3S/c1-13-10-28-12-16(24-9-17(28)25-13)26-20(30)19-15(23)8-18(33-19)27-6-7-29(14(2)11-27)21(31)32-22(3,4)5/h8-10,12,14H,6-7,11H2,1-5H3,(H,26,30). The second kappa shape index (κ2) is 8.62. The molecule has 0 aliphatic carbocycles. The lowest BCUT2D eigenvalue weighted by Gasteiger charge is -2.40. The molecule has 9 nitrogen and oxygen atoms in total. The molecule has 0 spiro atoms. The average Bonchev–Trinajstić information content (AvgIpc) is 3.27. The predicted octanol–water partition coefficient (Wildman–Crippen LogP) is 3.94. The molecular formula is C22H27FN6O3S. The van der Waals surface area contributed by atoms with E-state index < -0.39 is 17.3 Å². The fourth-order valence-corrected chi connectivity index (χ4v) is 4.65. The van der Waals surface area contributed by atoms with Gasteiger partial charge in [-0.1, -0.05) is 0 Å². The number of anilines is 2. The number of amides is 2. The van der Waals surface area contributed by atoms with Crippen LogP contribution in [0.2, 0.25) is 0 Å². The summed E-state index contributed by atoms with van der Waals surface area (Å²) in [5, 5.41) is 3.29. The normalized spacial score (nSPS) is 16.8. The van der Waals surface area contributed by atoms with Gasteiger partial charge in [0.15, 0.2) is 5.65 Å². The van der Waals surface area contributed by atoms with Gasteiger partial charge in [0, 0.05) is 37.9 Å². The molecular weight excluding hydrogens is 447 g/mol. The molecule has 1 saturated heterocycles. The first kappa shape index (κ1) is 23.0. The van der Waals surface area contributed by atoms with E-state index in [2.05, 4.69) is 15.3 Å². The van der Waals surface area contributed by atoms with Crippen molar-refractivity contribution in [3.8, 4) is 0 Å². The SMILES string of the molecule is Cc1cn2cc(NC(=O)c3sc(N4CCN(C(=O)OC(C)(C)C)C(C)C4)cc3F)ncc2n1. The Balaban J connectivity index is 1.43. The summed E-state index contributed by atoms with van der Waals surface area (Å²) in [6.45, 7) is 10.8. The Kier molecular flexibility index (Phi) is 6.00. The number of hydrogen-bond acceptors (Lipinski definition) is 7. The first-order valence-corrected chi connectivity index (χ1v) is 11.5. The molecule has 0 aromatic carbocycles. The number of aryl methyl sites for hydroxylation is 1. The highest BCUT2D eigenvalue weighted by Gasteiger charge is 2.32. The van der Waals surface area contributed by atoms with E-state index in [4.69, 9.17) is 4.74 Å². The molecule has 11 heteroatoms. The van der Waals surface area contributed by atoms with Crippen LogP contribution in [0.15, 0.2) is 24.7 Å². The number of piperazine rings is 1. The maximum atomic E-state index is 14.7. The lowest BCUT2D eigenvalue weighted by Crippen LogP contribution is -2.55. The molecule has 4 heterocycles. The van der Waals surface area contributed by atoms with Gasteiger partial charge in [-0.15, -0.1) is 11.3 Å². The molecule has 3 aromatic heterocycles. The second-order valence-corrected chi connectivity index (χ2v) is 10.1. The topological polar surface area (TPSA) is 92.1 Å². The summed E-state index contributed by atoms with van der Waals surface area (Å²) in [6, 6.07) is 1.25. The number of carbonyl (C=O) groups is 2. The molecule has 176 valence electrons. The summed E-state index contributed by atoms with van der Waals surface area (Å²) >= 11 is 1.08. The van der Waals surface area contributed by atoms with Crippen molar-refractivity contribution < 1.29 is 18.7 Å². The maximum absolute atomic E-state index is 14.7. The Morgan fingerprint density at radius 1 is 1.27 bits per heavy atom. The summed E-state index contributed by atoms with van der Waals surface area (Å²) in [5.41, 5.74) is 0.924. The van der Waals surface area contributed by atoms with Gasteiger partial charge in [0.1, 0.15) is 22.1 Å². The van der Waals surface area contributed by atoms with Crippen LogP contribution < -0.4 is 10.2 Å². The van der Waals surface area contributed by atoms with Crippen LogP contribution in [0.4, 0.5) is 20.0 Å². The summed E-state index contributed by atoms with van der Waals surface area (Å²) in [7, 11) is 0. The maximum Gasteiger partial charge on any atom is 0.410 e. The number of ether oxygens (including phenoxy) is 1. The molecule has 3 aromatic rings. The number of fused-ring (bicyclic) bond motifs is 1. The van der Waals surface area contributed by atoms with Gasteiger partial charge in [0.25, 0.3) is 5.91 Å². The molecule has 1 aliphatic heterocycles. The zero-order valence-electron chi connectivity index (χ0n) is 19.3. The molecule has 0 radical (unpaired) electrons. The zero-order chi connectivity index (χ0) is 23.9. The van der Waals surface area contributed by atoms with E-state index in [-0.39, 0.29) is 17.0 Å². The lowest BCUT2D eigenvalue weighted by molar-refractivity contribution is 0.0159. The van der Waals surface area contributed by atoms with E-state index in [1.165, 1.54) is 6.07 Å². The number of aromatic nitrogens is 3. The number of nitrogens with one attached hydrogen (secondary N) is 1. The molecule has 33 heavy (non-hydrogen) atoms. The van der Waals surface area contributed by atoms with Gasteiger partial charge in [-0.25, -0.2) is 19.2 Å².